The smallest absolute Gasteiger partial charge is 0.135 e. The Kier molecular flexibility index (Phi) is 5.33. The molecule has 7 aromatic carbocycles. The van der Waals surface area contributed by atoms with Crippen LogP contribution >= 0.6 is 0 Å². The molecule has 0 radical (unpaired) electrons. The molecule has 0 bridgehead atoms. The van der Waals surface area contributed by atoms with E-state index in [1.165, 1.54) is 66.8 Å². The van der Waals surface area contributed by atoms with Gasteiger partial charge in [0.2, 0.25) is 0 Å². The summed E-state index contributed by atoms with van der Waals surface area (Å²) >= 11 is 0. The summed E-state index contributed by atoms with van der Waals surface area (Å²) in [7, 11) is 0. The predicted octanol–water partition coefficient (Wildman–Crippen LogP) is 11.9. The fourth-order valence-corrected chi connectivity index (χ4v) is 8.97. The van der Waals surface area contributed by atoms with E-state index in [-0.39, 0.29) is 5.41 Å². The van der Waals surface area contributed by atoms with Gasteiger partial charge in [-0.3, -0.25) is 0 Å². The van der Waals surface area contributed by atoms with Crippen molar-refractivity contribution in [3.8, 4) is 33.4 Å². The van der Waals surface area contributed by atoms with Gasteiger partial charge < -0.3 is 4.42 Å². The van der Waals surface area contributed by atoms with Crippen molar-refractivity contribution in [1.29, 1.82) is 0 Å². The first-order valence-electron chi connectivity index (χ1n) is 16.5. The van der Waals surface area contributed by atoms with E-state index in [0.717, 1.165) is 21.9 Å². The third-order valence-corrected chi connectivity index (χ3v) is 10.9. The van der Waals surface area contributed by atoms with Crippen molar-refractivity contribution in [2.24, 2.45) is 0 Å². The van der Waals surface area contributed by atoms with Crippen molar-refractivity contribution >= 4 is 21.9 Å². The molecule has 2 aliphatic carbocycles. The summed E-state index contributed by atoms with van der Waals surface area (Å²) in [6, 6.07) is 58.0. The van der Waals surface area contributed by atoms with E-state index in [1.54, 1.807) is 0 Å². The summed E-state index contributed by atoms with van der Waals surface area (Å²) in [6.45, 7) is 4.72. The van der Waals surface area contributed by atoms with Crippen LogP contribution < -0.4 is 0 Å². The highest BCUT2D eigenvalue weighted by Crippen LogP contribution is 2.57. The minimum absolute atomic E-state index is 0.0846. The van der Waals surface area contributed by atoms with Crippen LogP contribution in [0, 0.1) is 0 Å². The molecule has 0 atom stereocenters. The molecular formula is C46H32O. The van der Waals surface area contributed by atoms with Gasteiger partial charge in [0.1, 0.15) is 11.2 Å². The van der Waals surface area contributed by atoms with Crippen LogP contribution in [-0.4, -0.2) is 0 Å². The maximum Gasteiger partial charge on any atom is 0.135 e. The maximum absolute atomic E-state index is 6.72. The fourth-order valence-electron chi connectivity index (χ4n) is 8.97. The van der Waals surface area contributed by atoms with Crippen LogP contribution in [0.25, 0.3) is 55.3 Å². The van der Waals surface area contributed by atoms with Crippen molar-refractivity contribution in [2.45, 2.75) is 24.7 Å². The number of furan rings is 1. The molecule has 0 spiro atoms. The van der Waals surface area contributed by atoms with Crippen LogP contribution in [0.2, 0.25) is 0 Å². The second-order valence-electron chi connectivity index (χ2n) is 13.6. The summed E-state index contributed by atoms with van der Waals surface area (Å²) < 4.78 is 6.72. The van der Waals surface area contributed by atoms with Crippen molar-refractivity contribution in [3.05, 3.63) is 191 Å². The molecule has 1 heteroatoms. The Bertz CT molecular complexity index is 2490. The molecule has 0 unspecified atom stereocenters. The van der Waals surface area contributed by atoms with Gasteiger partial charge in [-0.15, -0.1) is 0 Å². The Morgan fingerprint density at radius 2 is 0.979 bits per heavy atom. The Labute approximate surface area is 274 Å². The van der Waals surface area contributed by atoms with Crippen LogP contribution in [0.5, 0.6) is 0 Å². The van der Waals surface area contributed by atoms with Crippen molar-refractivity contribution in [2.75, 3.05) is 0 Å². The van der Waals surface area contributed by atoms with E-state index < -0.39 is 5.41 Å². The van der Waals surface area contributed by atoms with Gasteiger partial charge in [-0.25, -0.2) is 0 Å². The zero-order valence-corrected chi connectivity index (χ0v) is 26.4. The standard InChI is InChI=1S/C46H32O/c1-45(2)39-22-11-9-18-33(39)35-21-13-20-32(44(35)45)29-24-25-42-37(26-29)38-27-36-34-19-10-12-23-40(34)46(30-14-5-3-6-15-30,31-16-7-4-8-17-31)41(36)28-43(38)47-42/h3-28H,1-2H3. The van der Waals surface area contributed by atoms with E-state index in [1.807, 2.05) is 0 Å². The lowest BCUT2D eigenvalue weighted by Crippen LogP contribution is -2.28. The lowest BCUT2D eigenvalue weighted by atomic mass is 9.67. The largest absolute Gasteiger partial charge is 0.456 e. The van der Waals surface area contributed by atoms with E-state index in [0.29, 0.717) is 0 Å². The van der Waals surface area contributed by atoms with Crippen molar-refractivity contribution in [3.63, 3.8) is 0 Å². The van der Waals surface area contributed by atoms with Gasteiger partial charge in [-0.05, 0) is 91.0 Å². The van der Waals surface area contributed by atoms with Gasteiger partial charge in [-0.2, -0.15) is 0 Å². The zero-order chi connectivity index (χ0) is 31.3. The van der Waals surface area contributed by atoms with Gasteiger partial charge in [0.15, 0.2) is 0 Å². The highest BCUT2D eigenvalue weighted by atomic mass is 16.3. The van der Waals surface area contributed by atoms with Crippen LogP contribution in [0.3, 0.4) is 0 Å². The third-order valence-electron chi connectivity index (χ3n) is 10.9. The molecule has 8 aromatic rings. The van der Waals surface area contributed by atoms with Crippen LogP contribution in [-0.2, 0) is 10.8 Å². The van der Waals surface area contributed by atoms with Crippen LogP contribution in [0.4, 0.5) is 0 Å². The molecule has 1 aromatic heterocycles. The van der Waals surface area contributed by atoms with E-state index in [4.69, 9.17) is 4.42 Å². The van der Waals surface area contributed by atoms with Gasteiger partial charge in [-0.1, -0.05) is 147 Å². The molecule has 0 aliphatic heterocycles. The average molecular weight is 601 g/mol. The normalized spacial score (nSPS) is 14.9. The third kappa shape index (κ3) is 3.44. The molecule has 0 N–H and O–H groups in total. The molecule has 0 saturated carbocycles. The maximum atomic E-state index is 6.72. The fraction of sp³-hybridized carbons (Fsp3) is 0.0870. The first kappa shape index (κ1) is 26.5. The number of hydrogen-bond acceptors (Lipinski definition) is 1. The number of benzene rings is 7. The zero-order valence-electron chi connectivity index (χ0n) is 26.4. The van der Waals surface area contributed by atoms with Gasteiger partial charge in [0.05, 0.1) is 5.41 Å². The summed E-state index contributed by atoms with van der Waals surface area (Å²) in [5, 5.41) is 2.31. The van der Waals surface area contributed by atoms with Crippen LogP contribution in [0.15, 0.2) is 162 Å². The number of rotatable bonds is 3. The SMILES string of the molecule is CC1(C)c2ccccc2-c2cccc(-c3ccc4oc5cc6c(cc5c4c3)-c3ccccc3C6(c3ccccc3)c3ccccc3)c21. The van der Waals surface area contributed by atoms with Crippen LogP contribution in [0.1, 0.15) is 47.2 Å². The number of fused-ring (bicyclic) bond motifs is 9. The van der Waals surface area contributed by atoms with Gasteiger partial charge >= 0.3 is 0 Å². The summed E-state index contributed by atoms with van der Waals surface area (Å²) in [6.07, 6.45) is 0. The topological polar surface area (TPSA) is 13.1 Å². The molecule has 0 saturated heterocycles. The Hall–Kier alpha value is -5.66. The van der Waals surface area contributed by atoms with E-state index in [2.05, 4.69) is 172 Å². The average Bonchev–Trinajstić information content (AvgIpc) is 3.71. The minimum atomic E-state index is -0.446. The Morgan fingerprint density at radius 3 is 1.70 bits per heavy atom. The first-order chi connectivity index (χ1) is 23.1. The molecule has 222 valence electrons. The Morgan fingerprint density at radius 1 is 0.404 bits per heavy atom. The highest BCUT2D eigenvalue weighted by Gasteiger charge is 2.46. The van der Waals surface area contributed by atoms with Gasteiger partial charge in [0, 0.05) is 16.2 Å². The molecule has 47 heavy (non-hydrogen) atoms. The summed E-state index contributed by atoms with van der Waals surface area (Å²) in [4.78, 5) is 0. The summed E-state index contributed by atoms with van der Waals surface area (Å²) in [5.41, 5.74) is 17.0. The molecule has 1 heterocycles. The quantitative estimate of drug-likeness (QED) is 0.197. The van der Waals surface area contributed by atoms with Crippen molar-refractivity contribution < 1.29 is 4.42 Å². The predicted molar refractivity (Wildman–Crippen MR) is 194 cm³/mol. The molecule has 10 rings (SSSR count). The molecular weight excluding hydrogens is 569 g/mol. The van der Waals surface area contributed by atoms with E-state index in [9.17, 15) is 0 Å². The second-order valence-corrected chi connectivity index (χ2v) is 13.6. The van der Waals surface area contributed by atoms with E-state index >= 15 is 0 Å². The van der Waals surface area contributed by atoms with Crippen molar-refractivity contribution in [1.82, 2.24) is 0 Å². The number of hydrogen-bond donors (Lipinski definition) is 0. The monoisotopic (exact) mass is 600 g/mol. The minimum Gasteiger partial charge on any atom is -0.456 e. The lowest BCUT2D eigenvalue weighted by molar-refractivity contribution is 0.662. The lowest BCUT2D eigenvalue weighted by Gasteiger charge is -2.33. The second kappa shape index (κ2) is 9.44. The first-order valence-corrected chi connectivity index (χ1v) is 16.5. The van der Waals surface area contributed by atoms with Gasteiger partial charge in [0.25, 0.3) is 0 Å². The molecule has 0 fully saturated rings. The molecule has 0 amide bonds. The summed E-state index contributed by atoms with van der Waals surface area (Å²) in [5.74, 6) is 0. The molecule has 1 nitrogen and oxygen atoms in total. The molecule has 2 aliphatic rings. The highest BCUT2D eigenvalue weighted by molar-refractivity contribution is 6.09. The Balaban J connectivity index is 1.23.